The first kappa shape index (κ1) is 12.6. The van der Waals surface area contributed by atoms with E-state index in [0.29, 0.717) is 5.88 Å². The Morgan fingerprint density at radius 3 is 2.53 bits per heavy atom. The predicted octanol–water partition coefficient (Wildman–Crippen LogP) is 5.55. The summed E-state index contributed by atoms with van der Waals surface area (Å²) in [6.07, 6.45) is 1.71. The third kappa shape index (κ3) is 2.80. The molecular weight excluding hydrogens is 370 g/mol. The molecule has 0 aliphatic heterocycles. The number of rotatable bonds is 2. The SMILES string of the molecule is Brc1ccc2cc(Oc3ncccc3Br)ccc2c1. The van der Waals surface area contributed by atoms with Crippen molar-refractivity contribution in [2.45, 2.75) is 0 Å². The molecule has 0 amide bonds. The molecule has 0 aliphatic carbocycles. The number of halogens is 2. The molecule has 0 bridgehead atoms. The first-order chi connectivity index (χ1) is 9.22. The Morgan fingerprint density at radius 2 is 1.68 bits per heavy atom. The van der Waals surface area contributed by atoms with Gasteiger partial charge in [0.2, 0.25) is 5.88 Å². The molecule has 1 aromatic heterocycles. The van der Waals surface area contributed by atoms with E-state index in [-0.39, 0.29) is 0 Å². The molecule has 2 aromatic carbocycles. The second-order valence-electron chi connectivity index (χ2n) is 4.05. The third-order valence-electron chi connectivity index (χ3n) is 2.71. The summed E-state index contributed by atoms with van der Waals surface area (Å²) in [4.78, 5) is 4.19. The van der Waals surface area contributed by atoms with Crippen molar-refractivity contribution in [1.82, 2.24) is 4.98 Å². The number of aromatic nitrogens is 1. The van der Waals surface area contributed by atoms with Gasteiger partial charge in [-0.1, -0.05) is 28.1 Å². The van der Waals surface area contributed by atoms with Crippen LogP contribution in [0.1, 0.15) is 0 Å². The smallest absolute Gasteiger partial charge is 0.233 e. The monoisotopic (exact) mass is 377 g/mol. The van der Waals surface area contributed by atoms with Crippen LogP contribution < -0.4 is 4.74 Å². The van der Waals surface area contributed by atoms with Crippen LogP contribution in [0.3, 0.4) is 0 Å². The molecule has 19 heavy (non-hydrogen) atoms. The van der Waals surface area contributed by atoms with E-state index in [0.717, 1.165) is 20.1 Å². The van der Waals surface area contributed by atoms with E-state index in [4.69, 9.17) is 4.74 Å². The van der Waals surface area contributed by atoms with Crippen molar-refractivity contribution in [2.75, 3.05) is 0 Å². The molecule has 3 rings (SSSR count). The van der Waals surface area contributed by atoms with Gasteiger partial charge in [-0.05, 0) is 63.1 Å². The van der Waals surface area contributed by atoms with Gasteiger partial charge in [0.1, 0.15) is 5.75 Å². The Kier molecular flexibility index (Phi) is 3.53. The highest BCUT2D eigenvalue weighted by atomic mass is 79.9. The maximum Gasteiger partial charge on any atom is 0.233 e. The summed E-state index contributed by atoms with van der Waals surface area (Å²) in [6.45, 7) is 0. The van der Waals surface area contributed by atoms with Crippen molar-refractivity contribution in [3.63, 3.8) is 0 Å². The zero-order valence-electron chi connectivity index (χ0n) is 9.81. The summed E-state index contributed by atoms with van der Waals surface area (Å²) in [6, 6.07) is 15.9. The Morgan fingerprint density at radius 1 is 0.895 bits per heavy atom. The quantitative estimate of drug-likeness (QED) is 0.583. The Balaban J connectivity index is 1.98. The highest BCUT2D eigenvalue weighted by Crippen LogP contribution is 2.29. The Hall–Kier alpha value is -1.39. The molecule has 0 fully saturated rings. The average molecular weight is 379 g/mol. The molecule has 94 valence electrons. The number of nitrogens with zero attached hydrogens (tertiary/aromatic N) is 1. The van der Waals surface area contributed by atoms with Crippen LogP contribution in [-0.4, -0.2) is 4.98 Å². The van der Waals surface area contributed by atoms with Crippen molar-refractivity contribution < 1.29 is 4.74 Å². The molecule has 0 N–H and O–H groups in total. The van der Waals surface area contributed by atoms with Crippen molar-refractivity contribution in [1.29, 1.82) is 0 Å². The second-order valence-corrected chi connectivity index (χ2v) is 5.82. The van der Waals surface area contributed by atoms with E-state index < -0.39 is 0 Å². The molecule has 1 heterocycles. The largest absolute Gasteiger partial charge is 0.438 e. The Bertz CT molecular complexity index is 743. The Labute approximate surface area is 127 Å². The number of pyridine rings is 1. The van der Waals surface area contributed by atoms with Crippen LogP contribution in [0.4, 0.5) is 0 Å². The maximum atomic E-state index is 5.78. The summed E-state index contributed by atoms with van der Waals surface area (Å²) in [5.74, 6) is 1.34. The van der Waals surface area contributed by atoms with Gasteiger partial charge in [-0.3, -0.25) is 0 Å². The van der Waals surface area contributed by atoms with E-state index in [1.807, 2.05) is 36.4 Å². The summed E-state index contributed by atoms with van der Waals surface area (Å²) in [5.41, 5.74) is 0. The lowest BCUT2D eigenvalue weighted by molar-refractivity contribution is 0.460. The molecule has 0 unspecified atom stereocenters. The van der Waals surface area contributed by atoms with Crippen LogP contribution in [0.25, 0.3) is 10.8 Å². The standard InChI is InChI=1S/C15H9Br2NO/c16-12-5-3-11-9-13(6-4-10(11)8-12)19-15-14(17)2-1-7-18-15/h1-9H. The zero-order chi connectivity index (χ0) is 13.2. The molecule has 0 saturated carbocycles. The summed E-state index contributed by atoms with van der Waals surface area (Å²) in [7, 11) is 0. The number of fused-ring (bicyclic) bond motifs is 1. The van der Waals surface area contributed by atoms with Gasteiger partial charge >= 0.3 is 0 Å². The molecule has 2 nitrogen and oxygen atoms in total. The van der Waals surface area contributed by atoms with E-state index in [2.05, 4.69) is 49.0 Å². The molecule has 0 saturated heterocycles. The van der Waals surface area contributed by atoms with Gasteiger partial charge in [-0.2, -0.15) is 0 Å². The van der Waals surface area contributed by atoms with Crippen molar-refractivity contribution in [2.24, 2.45) is 0 Å². The first-order valence-electron chi connectivity index (χ1n) is 5.70. The van der Waals surface area contributed by atoms with Crippen LogP contribution >= 0.6 is 31.9 Å². The maximum absolute atomic E-state index is 5.78. The number of hydrogen-bond acceptors (Lipinski definition) is 2. The predicted molar refractivity (Wildman–Crippen MR) is 83.7 cm³/mol. The number of hydrogen-bond donors (Lipinski definition) is 0. The minimum absolute atomic E-state index is 0.568. The lowest BCUT2D eigenvalue weighted by atomic mass is 10.1. The normalized spacial score (nSPS) is 10.6. The van der Waals surface area contributed by atoms with Crippen LogP contribution in [0.2, 0.25) is 0 Å². The van der Waals surface area contributed by atoms with E-state index in [1.165, 1.54) is 5.39 Å². The zero-order valence-corrected chi connectivity index (χ0v) is 13.0. The van der Waals surface area contributed by atoms with E-state index in [9.17, 15) is 0 Å². The van der Waals surface area contributed by atoms with E-state index in [1.54, 1.807) is 6.20 Å². The summed E-state index contributed by atoms with van der Waals surface area (Å²) >= 11 is 6.89. The van der Waals surface area contributed by atoms with Crippen molar-refractivity contribution >= 4 is 42.6 Å². The van der Waals surface area contributed by atoms with Crippen molar-refractivity contribution in [3.8, 4) is 11.6 Å². The van der Waals surface area contributed by atoms with Gasteiger partial charge in [-0.25, -0.2) is 4.98 Å². The minimum atomic E-state index is 0.568. The summed E-state index contributed by atoms with van der Waals surface area (Å²) in [5, 5.41) is 2.30. The highest BCUT2D eigenvalue weighted by molar-refractivity contribution is 9.10. The second kappa shape index (κ2) is 5.31. The van der Waals surface area contributed by atoms with Gasteiger partial charge in [0.25, 0.3) is 0 Å². The molecule has 3 aromatic rings. The lowest BCUT2D eigenvalue weighted by Crippen LogP contribution is -1.88. The molecule has 0 spiro atoms. The van der Waals surface area contributed by atoms with Crippen LogP contribution in [0, 0.1) is 0 Å². The molecular formula is C15H9Br2NO. The van der Waals surface area contributed by atoms with Crippen molar-refractivity contribution in [3.05, 3.63) is 63.7 Å². The van der Waals surface area contributed by atoms with Crippen LogP contribution in [-0.2, 0) is 0 Å². The average Bonchev–Trinajstić information content (AvgIpc) is 2.41. The fourth-order valence-electron chi connectivity index (χ4n) is 1.82. The van der Waals surface area contributed by atoms with E-state index >= 15 is 0 Å². The molecule has 0 atom stereocenters. The molecule has 4 heteroatoms. The number of benzene rings is 2. The molecule has 0 aliphatic rings. The van der Waals surface area contributed by atoms with Gasteiger partial charge in [0.05, 0.1) is 4.47 Å². The van der Waals surface area contributed by atoms with Gasteiger partial charge < -0.3 is 4.74 Å². The topological polar surface area (TPSA) is 22.1 Å². The first-order valence-corrected chi connectivity index (χ1v) is 7.29. The van der Waals surface area contributed by atoms with Crippen LogP contribution in [0.15, 0.2) is 63.7 Å². The highest BCUT2D eigenvalue weighted by Gasteiger charge is 2.04. The third-order valence-corrected chi connectivity index (χ3v) is 3.81. The summed E-state index contributed by atoms with van der Waals surface area (Å²) < 4.78 is 7.69. The minimum Gasteiger partial charge on any atom is -0.438 e. The van der Waals surface area contributed by atoms with Gasteiger partial charge in [-0.15, -0.1) is 0 Å². The van der Waals surface area contributed by atoms with Crippen LogP contribution in [0.5, 0.6) is 11.6 Å². The molecule has 0 radical (unpaired) electrons. The lowest BCUT2D eigenvalue weighted by Gasteiger charge is -2.07. The number of ether oxygens (including phenoxy) is 1. The fraction of sp³-hybridized carbons (Fsp3) is 0. The van der Waals surface area contributed by atoms with Gasteiger partial charge in [0.15, 0.2) is 0 Å². The fourth-order valence-corrected chi connectivity index (χ4v) is 2.53. The van der Waals surface area contributed by atoms with Gasteiger partial charge in [0, 0.05) is 10.7 Å².